The fourth-order valence-corrected chi connectivity index (χ4v) is 2.13. The summed E-state index contributed by atoms with van der Waals surface area (Å²) in [5, 5.41) is 15.7. The summed E-state index contributed by atoms with van der Waals surface area (Å²) in [6.45, 7) is 2.24. The number of nitrogens with zero attached hydrogens (tertiary/aromatic N) is 2. The van der Waals surface area contributed by atoms with Gasteiger partial charge < -0.3 is 15.2 Å². The molecule has 1 aliphatic rings. The number of carboxylic acid groups (broad SMARTS) is 1. The minimum atomic E-state index is -1.02. The van der Waals surface area contributed by atoms with E-state index < -0.39 is 18.2 Å². The quantitative estimate of drug-likeness (QED) is 0.799. The normalized spacial score (nSPS) is 22.4. The molecule has 1 fully saturated rings. The van der Waals surface area contributed by atoms with E-state index in [9.17, 15) is 9.59 Å². The smallest absolute Gasteiger partial charge is 0.332 e. The molecule has 1 amide bonds. The number of aryl methyl sites for hydroxylation is 2. The number of aliphatic carboxylic acids is 1. The summed E-state index contributed by atoms with van der Waals surface area (Å²) < 4.78 is 6.86. The van der Waals surface area contributed by atoms with Crippen LogP contribution in [0.3, 0.4) is 0 Å². The largest absolute Gasteiger partial charge is 0.479 e. The van der Waals surface area contributed by atoms with Crippen molar-refractivity contribution in [3.63, 3.8) is 0 Å². The highest BCUT2D eigenvalue weighted by atomic mass is 16.5. The molecule has 2 heterocycles. The number of hydrogen-bond acceptors (Lipinski definition) is 4. The average molecular weight is 267 g/mol. The highest BCUT2D eigenvalue weighted by Gasteiger charge is 2.34. The summed E-state index contributed by atoms with van der Waals surface area (Å²) in [5.74, 6) is -1.29. The minimum Gasteiger partial charge on any atom is -0.479 e. The number of aromatic nitrogens is 2. The van der Waals surface area contributed by atoms with Crippen molar-refractivity contribution in [1.82, 2.24) is 15.1 Å². The van der Waals surface area contributed by atoms with Crippen LogP contribution in [0.1, 0.15) is 24.1 Å². The highest BCUT2D eigenvalue weighted by Crippen LogP contribution is 2.20. The number of carboxylic acids is 1. The Labute approximate surface area is 110 Å². The Kier molecular flexibility index (Phi) is 3.84. The molecule has 0 saturated carbocycles. The van der Waals surface area contributed by atoms with Crippen molar-refractivity contribution in [2.24, 2.45) is 7.05 Å². The Morgan fingerprint density at radius 3 is 2.74 bits per heavy atom. The van der Waals surface area contributed by atoms with Crippen molar-refractivity contribution < 1.29 is 19.4 Å². The molecule has 2 atom stereocenters. The van der Waals surface area contributed by atoms with Crippen molar-refractivity contribution in [3.8, 4) is 0 Å². The van der Waals surface area contributed by atoms with E-state index in [1.165, 1.54) is 0 Å². The van der Waals surface area contributed by atoms with Crippen LogP contribution in [0.5, 0.6) is 0 Å². The second-order valence-electron chi connectivity index (χ2n) is 4.66. The van der Waals surface area contributed by atoms with Crippen molar-refractivity contribution in [2.75, 3.05) is 0 Å². The van der Waals surface area contributed by atoms with Gasteiger partial charge in [-0.3, -0.25) is 9.48 Å². The van der Waals surface area contributed by atoms with E-state index in [2.05, 4.69) is 10.4 Å². The molecule has 7 nitrogen and oxygen atoms in total. The molecule has 2 rings (SSSR count). The number of carbonyl (C=O) groups excluding carboxylic acids is 1. The van der Waals surface area contributed by atoms with Crippen LogP contribution in [0.15, 0.2) is 6.20 Å². The molecule has 0 bridgehead atoms. The average Bonchev–Trinajstić information content (AvgIpc) is 2.93. The molecule has 7 heteroatoms. The van der Waals surface area contributed by atoms with Gasteiger partial charge in [0, 0.05) is 25.4 Å². The van der Waals surface area contributed by atoms with Gasteiger partial charge in [0.1, 0.15) is 6.10 Å². The molecule has 2 N–H and O–H groups in total. The Balaban J connectivity index is 1.85. The third-order valence-electron chi connectivity index (χ3n) is 3.16. The second-order valence-corrected chi connectivity index (χ2v) is 4.66. The van der Waals surface area contributed by atoms with Crippen LogP contribution in [-0.4, -0.2) is 39.0 Å². The molecule has 0 radical (unpaired) electrons. The zero-order valence-corrected chi connectivity index (χ0v) is 10.9. The van der Waals surface area contributed by atoms with Crippen LogP contribution in [0.4, 0.5) is 0 Å². The lowest BCUT2D eigenvalue weighted by Crippen LogP contribution is -2.35. The summed E-state index contributed by atoms with van der Waals surface area (Å²) in [6.07, 6.45) is 1.12. The predicted molar refractivity (Wildman–Crippen MR) is 65.3 cm³/mol. The minimum absolute atomic E-state index is 0.271. The number of hydrogen-bond donors (Lipinski definition) is 2. The molecule has 19 heavy (non-hydrogen) atoms. The van der Waals surface area contributed by atoms with Crippen LogP contribution in [0.25, 0.3) is 0 Å². The van der Waals surface area contributed by atoms with Crippen LogP contribution >= 0.6 is 0 Å². The maximum Gasteiger partial charge on any atom is 0.332 e. The molecular weight excluding hydrogens is 250 g/mol. The Morgan fingerprint density at radius 2 is 2.21 bits per heavy atom. The van der Waals surface area contributed by atoms with Gasteiger partial charge in [-0.25, -0.2) is 4.79 Å². The first kappa shape index (κ1) is 13.5. The molecule has 0 aromatic carbocycles. The SMILES string of the molecule is Cc1nn(C)cc1CNC(=O)[C@@H]1CC[C@H](C(=O)O)O1. The number of carbonyl (C=O) groups is 2. The van der Waals surface area contributed by atoms with Crippen LogP contribution < -0.4 is 5.32 Å². The van der Waals surface area contributed by atoms with E-state index in [1.54, 1.807) is 4.68 Å². The fraction of sp³-hybridized carbons (Fsp3) is 0.583. The standard InChI is InChI=1S/C12H17N3O4/c1-7-8(6-15(2)14-7)5-13-11(16)9-3-4-10(19-9)12(17)18/h6,9-10H,3-5H2,1-2H3,(H,13,16)(H,17,18)/t9-,10+/m0/s1. The van der Waals surface area contributed by atoms with Gasteiger partial charge in [-0.2, -0.15) is 5.10 Å². The van der Waals surface area contributed by atoms with Gasteiger partial charge in [-0.15, -0.1) is 0 Å². The second kappa shape index (κ2) is 5.40. The van der Waals surface area contributed by atoms with Gasteiger partial charge in [0.2, 0.25) is 5.91 Å². The lowest BCUT2D eigenvalue weighted by atomic mass is 10.2. The number of ether oxygens (including phenoxy) is 1. The fourth-order valence-electron chi connectivity index (χ4n) is 2.13. The molecule has 1 aromatic heterocycles. The third-order valence-corrected chi connectivity index (χ3v) is 3.16. The Bertz CT molecular complexity index is 497. The van der Waals surface area contributed by atoms with Crippen molar-refractivity contribution in [2.45, 2.75) is 38.5 Å². The van der Waals surface area contributed by atoms with Crippen molar-refractivity contribution >= 4 is 11.9 Å². The summed E-state index contributed by atoms with van der Waals surface area (Å²) in [4.78, 5) is 22.6. The van der Waals surface area contributed by atoms with Crippen LogP contribution in [-0.2, 0) is 27.9 Å². The molecule has 1 aliphatic heterocycles. The first-order valence-electron chi connectivity index (χ1n) is 6.12. The van der Waals surface area contributed by atoms with Crippen LogP contribution in [0, 0.1) is 6.92 Å². The van der Waals surface area contributed by atoms with Gasteiger partial charge in [-0.05, 0) is 19.8 Å². The summed E-state index contributed by atoms with van der Waals surface area (Å²) >= 11 is 0. The van der Waals surface area contributed by atoms with Gasteiger partial charge >= 0.3 is 5.97 Å². The first-order chi connectivity index (χ1) is 8.97. The van der Waals surface area contributed by atoms with Gasteiger partial charge in [0.25, 0.3) is 0 Å². The van der Waals surface area contributed by atoms with Crippen molar-refractivity contribution in [1.29, 1.82) is 0 Å². The number of nitrogens with one attached hydrogen (secondary N) is 1. The van der Waals surface area contributed by atoms with Crippen LogP contribution in [0.2, 0.25) is 0 Å². The maximum atomic E-state index is 11.8. The number of amides is 1. The summed E-state index contributed by atoms with van der Waals surface area (Å²) in [5.41, 5.74) is 1.79. The topological polar surface area (TPSA) is 93.5 Å². The Morgan fingerprint density at radius 1 is 1.53 bits per heavy atom. The molecule has 0 unspecified atom stereocenters. The maximum absolute atomic E-state index is 11.8. The summed E-state index contributed by atoms with van der Waals surface area (Å²) in [6, 6.07) is 0. The zero-order valence-electron chi connectivity index (χ0n) is 10.9. The zero-order chi connectivity index (χ0) is 14.0. The molecule has 1 saturated heterocycles. The van der Waals surface area contributed by atoms with E-state index in [-0.39, 0.29) is 5.91 Å². The predicted octanol–water partition coefficient (Wildman–Crippen LogP) is -0.0231. The van der Waals surface area contributed by atoms with E-state index in [4.69, 9.17) is 9.84 Å². The van der Waals surface area contributed by atoms with E-state index >= 15 is 0 Å². The molecular formula is C12H17N3O4. The lowest BCUT2D eigenvalue weighted by molar-refractivity contribution is -0.151. The lowest BCUT2D eigenvalue weighted by Gasteiger charge is -2.11. The highest BCUT2D eigenvalue weighted by molar-refractivity contribution is 5.82. The van der Waals surface area contributed by atoms with Crippen molar-refractivity contribution in [3.05, 3.63) is 17.5 Å². The van der Waals surface area contributed by atoms with Gasteiger partial charge in [-0.1, -0.05) is 0 Å². The number of rotatable bonds is 4. The molecule has 0 aliphatic carbocycles. The van der Waals surface area contributed by atoms with Gasteiger partial charge in [0.05, 0.1) is 5.69 Å². The molecule has 0 spiro atoms. The van der Waals surface area contributed by atoms with E-state index in [1.807, 2.05) is 20.2 Å². The Hall–Kier alpha value is -1.89. The first-order valence-corrected chi connectivity index (χ1v) is 6.12. The third kappa shape index (κ3) is 3.11. The van der Waals surface area contributed by atoms with Gasteiger partial charge in [0.15, 0.2) is 6.10 Å². The van der Waals surface area contributed by atoms with E-state index in [0.717, 1.165) is 11.3 Å². The van der Waals surface area contributed by atoms with E-state index in [0.29, 0.717) is 19.4 Å². The molecule has 1 aromatic rings. The summed E-state index contributed by atoms with van der Waals surface area (Å²) in [7, 11) is 1.82. The monoisotopic (exact) mass is 267 g/mol. The molecule has 104 valence electrons.